The van der Waals surface area contributed by atoms with Crippen molar-refractivity contribution in [1.82, 2.24) is 20.1 Å². The smallest absolute Gasteiger partial charge is 0.133 e. The van der Waals surface area contributed by atoms with Gasteiger partial charge < -0.3 is 14.6 Å². The Hall–Kier alpha value is -1.72. The van der Waals surface area contributed by atoms with Gasteiger partial charge in [0.25, 0.3) is 0 Å². The van der Waals surface area contributed by atoms with E-state index >= 15 is 0 Å². The average molecular weight is 260 g/mol. The van der Waals surface area contributed by atoms with E-state index in [4.69, 9.17) is 4.74 Å². The maximum Gasteiger partial charge on any atom is 0.133 e. The van der Waals surface area contributed by atoms with Gasteiger partial charge in [-0.2, -0.15) is 0 Å². The van der Waals surface area contributed by atoms with Crippen molar-refractivity contribution in [2.24, 2.45) is 7.05 Å². The third-order valence-electron chi connectivity index (χ3n) is 2.96. The molecule has 0 aliphatic rings. The summed E-state index contributed by atoms with van der Waals surface area (Å²) in [5, 5.41) is 11.3. The molecule has 1 N–H and O–H groups in total. The van der Waals surface area contributed by atoms with Crippen LogP contribution >= 0.6 is 0 Å². The molecule has 5 heteroatoms. The molecule has 1 aromatic carbocycles. The van der Waals surface area contributed by atoms with Gasteiger partial charge in [-0.15, -0.1) is 10.2 Å². The Kier molecular flexibility index (Phi) is 5.06. The number of nitrogens with zero attached hydrogens (tertiary/aromatic N) is 3. The minimum atomic E-state index is 0.660. The van der Waals surface area contributed by atoms with Crippen LogP contribution in [0.2, 0.25) is 0 Å². The lowest BCUT2D eigenvalue weighted by Gasteiger charge is -2.06. The molecular formula is C14H20N4O. The Morgan fingerprint density at radius 2 is 2.16 bits per heavy atom. The molecule has 1 aromatic heterocycles. The fourth-order valence-electron chi connectivity index (χ4n) is 1.96. The molecule has 19 heavy (non-hydrogen) atoms. The highest BCUT2D eigenvalue weighted by atomic mass is 16.5. The van der Waals surface area contributed by atoms with Crippen LogP contribution in [0.4, 0.5) is 0 Å². The summed E-state index contributed by atoms with van der Waals surface area (Å²) in [7, 11) is 3.68. The van der Waals surface area contributed by atoms with Crippen molar-refractivity contribution in [3.05, 3.63) is 47.5 Å². The van der Waals surface area contributed by atoms with Gasteiger partial charge in [-0.05, 0) is 11.1 Å². The van der Waals surface area contributed by atoms with Crippen molar-refractivity contribution in [3.63, 3.8) is 0 Å². The third-order valence-corrected chi connectivity index (χ3v) is 2.96. The Bertz CT molecular complexity index is 510. The fourth-order valence-corrected chi connectivity index (χ4v) is 1.96. The number of nitrogens with one attached hydrogen (secondary N) is 1. The zero-order valence-corrected chi connectivity index (χ0v) is 11.5. The number of methoxy groups -OCH3 is 1. The summed E-state index contributed by atoms with van der Waals surface area (Å²) in [5.41, 5.74) is 2.47. The van der Waals surface area contributed by atoms with Crippen molar-refractivity contribution in [1.29, 1.82) is 0 Å². The van der Waals surface area contributed by atoms with Gasteiger partial charge in [-0.1, -0.05) is 24.3 Å². The Balaban J connectivity index is 1.76. The molecular weight excluding hydrogens is 240 g/mol. The summed E-state index contributed by atoms with van der Waals surface area (Å²) < 4.78 is 7.08. The molecule has 0 saturated carbocycles. The number of hydrogen-bond donors (Lipinski definition) is 1. The molecule has 0 radical (unpaired) electrons. The van der Waals surface area contributed by atoms with Gasteiger partial charge in [0.05, 0.1) is 6.61 Å². The maximum atomic E-state index is 5.13. The van der Waals surface area contributed by atoms with Crippen molar-refractivity contribution < 1.29 is 4.74 Å². The Labute approximate surface area is 113 Å². The van der Waals surface area contributed by atoms with Gasteiger partial charge >= 0.3 is 0 Å². The quantitative estimate of drug-likeness (QED) is 0.762. The summed E-state index contributed by atoms with van der Waals surface area (Å²) in [6, 6.07) is 8.42. The van der Waals surface area contributed by atoms with E-state index in [1.54, 1.807) is 13.4 Å². The number of aromatic nitrogens is 3. The third kappa shape index (κ3) is 4.15. The van der Waals surface area contributed by atoms with E-state index in [1.807, 2.05) is 11.6 Å². The van der Waals surface area contributed by atoms with Crippen molar-refractivity contribution >= 4 is 0 Å². The molecule has 0 unspecified atom stereocenters. The largest absolute Gasteiger partial charge is 0.380 e. The average Bonchev–Trinajstić information content (AvgIpc) is 2.81. The Morgan fingerprint density at radius 1 is 1.32 bits per heavy atom. The van der Waals surface area contributed by atoms with Crippen LogP contribution in [0.15, 0.2) is 30.6 Å². The first-order valence-electron chi connectivity index (χ1n) is 6.40. The predicted molar refractivity (Wildman–Crippen MR) is 73.6 cm³/mol. The van der Waals surface area contributed by atoms with E-state index in [9.17, 15) is 0 Å². The summed E-state index contributed by atoms with van der Waals surface area (Å²) in [6.07, 6.45) is 2.61. The van der Waals surface area contributed by atoms with Gasteiger partial charge in [0.2, 0.25) is 0 Å². The zero-order valence-electron chi connectivity index (χ0n) is 11.5. The number of ether oxygens (including phenoxy) is 1. The highest BCUT2D eigenvalue weighted by Crippen LogP contribution is 2.06. The van der Waals surface area contributed by atoms with E-state index < -0.39 is 0 Å². The molecule has 2 rings (SSSR count). The SMILES string of the molecule is COCc1cccc(CNCCc2nncn2C)c1. The van der Waals surface area contributed by atoms with Crippen LogP contribution in [0.1, 0.15) is 17.0 Å². The summed E-state index contributed by atoms with van der Waals surface area (Å²) in [6.45, 7) is 2.41. The molecule has 5 nitrogen and oxygen atoms in total. The summed E-state index contributed by atoms with van der Waals surface area (Å²) >= 11 is 0. The van der Waals surface area contributed by atoms with Crippen molar-refractivity contribution in [2.45, 2.75) is 19.6 Å². The Morgan fingerprint density at radius 3 is 2.89 bits per heavy atom. The van der Waals surface area contributed by atoms with E-state index in [2.05, 4.69) is 39.8 Å². The molecule has 0 aliphatic carbocycles. The number of benzene rings is 1. The van der Waals surface area contributed by atoms with Crippen LogP contribution in [0.25, 0.3) is 0 Å². The van der Waals surface area contributed by atoms with Crippen molar-refractivity contribution in [3.8, 4) is 0 Å². The molecule has 102 valence electrons. The second-order valence-electron chi connectivity index (χ2n) is 4.54. The van der Waals surface area contributed by atoms with Gasteiger partial charge in [0, 0.05) is 33.7 Å². The molecule has 0 atom stereocenters. The number of aryl methyl sites for hydroxylation is 1. The lowest BCUT2D eigenvalue weighted by molar-refractivity contribution is 0.185. The predicted octanol–water partition coefficient (Wildman–Crippen LogP) is 1.29. The van der Waals surface area contributed by atoms with Crippen LogP contribution in [0, 0.1) is 0 Å². The maximum absolute atomic E-state index is 5.13. The first kappa shape index (κ1) is 13.7. The van der Waals surface area contributed by atoms with Gasteiger partial charge in [-0.25, -0.2) is 0 Å². The van der Waals surface area contributed by atoms with Crippen molar-refractivity contribution in [2.75, 3.05) is 13.7 Å². The highest BCUT2D eigenvalue weighted by molar-refractivity contribution is 5.22. The molecule has 0 saturated heterocycles. The normalized spacial score (nSPS) is 10.8. The first-order valence-corrected chi connectivity index (χ1v) is 6.40. The van der Waals surface area contributed by atoms with E-state index in [-0.39, 0.29) is 0 Å². The fraction of sp³-hybridized carbons (Fsp3) is 0.429. The number of hydrogen-bond acceptors (Lipinski definition) is 4. The molecule has 0 aliphatic heterocycles. The molecule has 0 amide bonds. The van der Waals surface area contributed by atoms with Crippen LogP contribution in [-0.2, 0) is 31.4 Å². The van der Waals surface area contributed by atoms with E-state index in [0.717, 1.165) is 25.3 Å². The lowest BCUT2D eigenvalue weighted by Crippen LogP contribution is -2.18. The molecule has 0 bridgehead atoms. The van der Waals surface area contributed by atoms with E-state index in [1.165, 1.54) is 11.1 Å². The molecule has 0 spiro atoms. The second-order valence-corrected chi connectivity index (χ2v) is 4.54. The van der Waals surface area contributed by atoms with Crippen LogP contribution in [0.3, 0.4) is 0 Å². The summed E-state index contributed by atoms with van der Waals surface area (Å²) in [4.78, 5) is 0. The van der Waals surface area contributed by atoms with Crippen LogP contribution in [0.5, 0.6) is 0 Å². The van der Waals surface area contributed by atoms with Crippen LogP contribution < -0.4 is 5.32 Å². The first-order chi connectivity index (χ1) is 9.29. The minimum Gasteiger partial charge on any atom is -0.380 e. The lowest BCUT2D eigenvalue weighted by atomic mass is 10.1. The van der Waals surface area contributed by atoms with Gasteiger partial charge in [0.1, 0.15) is 12.2 Å². The highest BCUT2D eigenvalue weighted by Gasteiger charge is 2.00. The monoisotopic (exact) mass is 260 g/mol. The van der Waals surface area contributed by atoms with Crippen LogP contribution in [-0.4, -0.2) is 28.4 Å². The summed E-state index contributed by atoms with van der Waals surface area (Å²) in [5.74, 6) is 1.00. The molecule has 0 fully saturated rings. The minimum absolute atomic E-state index is 0.660. The standard InChI is InChI=1S/C14H20N4O/c1-18-11-16-17-14(18)6-7-15-9-12-4-3-5-13(8-12)10-19-2/h3-5,8,11,15H,6-7,9-10H2,1-2H3. The number of rotatable bonds is 7. The van der Waals surface area contributed by atoms with Gasteiger partial charge in [-0.3, -0.25) is 0 Å². The van der Waals surface area contributed by atoms with Gasteiger partial charge in [0.15, 0.2) is 0 Å². The second kappa shape index (κ2) is 7.01. The molecule has 2 aromatic rings. The zero-order chi connectivity index (χ0) is 13.5. The molecule has 1 heterocycles. The topological polar surface area (TPSA) is 52.0 Å². The van der Waals surface area contributed by atoms with E-state index in [0.29, 0.717) is 6.61 Å².